The van der Waals surface area contributed by atoms with E-state index in [4.69, 9.17) is 10.2 Å². The number of rotatable bonds is 3. The lowest BCUT2D eigenvalue weighted by Crippen LogP contribution is -2.17. The molecule has 1 aromatic rings. The number of carbonyl (C=O) groups excluding carboxylic acids is 2. The molecule has 0 heterocycles. The molecule has 1 rings (SSSR count). The van der Waals surface area contributed by atoms with Gasteiger partial charge in [0.1, 0.15) is 0 Å². The average molecular weight is 252 g/mol. The molecule has 7 heteroatoms. The van der Waals surface area contributed by atoms with Gasteiger partial charge in [-0.2, -0.15) is 0 Å². The molecule has 0 saturated heterocycles. The van der Waals surface area contributed by atoms with E-state index >= 15 is 0 Å². The normalized spacial score (nSPS) is 9.61. The lowest BCUT2D eigenvalue weighted by molar-refractivity contribution is -0.135. The molecular weight excluding hydrogens is 244 g/mol. The van der Waals surface area contributed by atoms with Gasteiger partial charge in [-0.05, 0) is 12.1 Å². The first-order valence-corrected chi connectivity index (χ1v) is 4.67. The predicted molar refractivity (Wildman–Crippen MR) is 56.5 cm³/mol. The fraction of sp³-hybridized carbons (Fsp3) is 0.0909. The highest BCUT2D eigenvalue weighted by Crippen LogP contribution is 2.16. The lowest BCUT2D eigenvalue weighted by Gasteiger charge is -2.07. The lowest BCUT2D eigenvalue weighted by atomic mass is 10.0. The summed E-state index contributed by atoms with van der Waals surface area (Å²) in [5.74, 6) is -5.21. The van der Waals surface area contributed by atoms with Gasteiger partial charge in [-0.3, -0.25) is 4.79 Å². The van der Waals surface area contributed by atoms with Crippen LogP contribution >= 0.6 is 0 Å². The van der Waals surface area contributed by atoms with Crippen molar-refractivity contribution in [3.05, 3.63) is 34.9 Å². The number of esters is 2. The van der Waals surface area contributed by atoms with Crippen LogP contribution in [0.3, 0.4) is 0 Å². The van der Waals surface area contributed by atoms with Crippen molar-refractivity contribution in [3.63, 3.8) is 0 Å². The van der Waals surface area contributed by atoms with Crippen LogP contribution in [-0.4, -0.2) is 34.1 Å². The number of hydrogen-bond donors (Lipinski definition) is 2. The molecule has 0 atom stereocenters. The van der Waals surface area contributed by atoms with Gasteiger partial charge in [0.2, 0.25) is 0 Å². The molecule has 0 saturated carbocycles. The van der Waals surface area contributed by atoms with E-state index in [1.807, 2.05) is 0 Å². The van der Waals surface area contributed by atoms with Crippen molar-refractivity contribution in [1.29, 1.82) is 0 Å². The van der Waals surface area contributed by atoms with Crippen LogP contribution in [0.2, 0.25) is 0 Å². The van der Waals surface area contributed by atoms with Crippen LogP contribution in [0.1, 0.15) is 38.0 Å². The van der Waals surface area contributed by atoms with E-state index in [0.717, 1.165) is 19.1 Å². The Labute approximate surface area is 101 Å². The Hall–Kier alpha value is -2.70. The molecule has 0 radical (unpaired) electrons. The second-order valence-corrected chi connectivity index (χ2v) is 3.22. The van der Waals surface area contributed by atoms with E-state index in [1.54, 1.807) is 0 Å². The van der Waals surface area contributed by atoms with Crippen LogP contribution in [0.25, 0.3) is 0 Å². The third-order valence-corrected chi connectivity index (χ3v) is 1.97. The van der Waals surface area contributed by atoms with Gasteiger partial charge >= 0.3 is 23.9 Å². The molecule has 0 aliphatic heterocycles. The summed E-state index contributed by atoms with van der Waals surface area (Å²) in [6, 6.07) is 3.30. The van der Waals surface area contributed by atoms with Crippen molar-refractivity contribution in [2.75, 3.05) is 0 Å². The van der Waals surface area contributed by atoms with E-state index < -0.39 is 40.6 Å². The first kappa shape index (κ1) is 13.4. The first-order chi connectivity index (χ1) is 8.34. The summed E-state index contributed by atoms with van der Waals surface area (Å²) in [7, 11) is 0. The summed E-state index contributed by atoms with van der Waals surface area (Å²) in [6.07, 6.45) is 0. The molecule has 0 aliphatic rings. The van der Waals surface area contributed by atoms with Crippen LogP contribution in [0.4, 0.5) is 0 Å². The van der Waals surface area contributed by atoms with Crippen LogP contribution < -0.4 is 0 Å². The third kappa shape index (κ3) is 2.70. The zero-order valence-electron chi connectivity index (χ0n) is 9.17. The Morgan fingerprint density at radius 1 is 1.00 bits per heavy atom. The molecule has 7 nitrogen and oxygen atoms in total. The third-order valence-electron chi connectivity index (χ3n) is 1.97. The Balaban J connectivity index is 3.40. The zero-order valence-corrected chi connectivity index (χ0v) is 9.17. The van der Waals surface area contributed by atoms with Gasteiger partial charge in [0.05, 0.1) is 16.7 Å². The molecule has 0 fully saturated rings. The minimum atomic E-state index is -1.59. The van der Waals surface area contributed by atoms with Gasteiger partial charge in [-0.1, -0.05) is 6.07 Å². The summed E-state index contributed by atoms with van der Waals surface area (Å²) >= 11 is 0. The Morgan fingerprint density at radius 3 is 2.00 bits per heavy atom. The fourth-order valence-corrected chi connectivity index (χ4v) is 1.32. The monoisotopic (exact) mass is 252 g/mol. The molecule has 18 heavy (non-hydrogen) atoms. The minimum absolute atomic E-state index is 0.488. The Kier molecular flexibility index (Phi) is 3.78. The van der Waals surface area contributed by atoms with Crippen molar-refractivity contribution in [2.45, 2.75) is 6.92 Å². The second-order valence-electron chi connectivity index (χ2n) is 3.22. The number of carboxylic acids is 2. The topological polar surface area (TPSA) is 118 Å². The molecule has 0 unspecified atom stereocenters. The van der Waals surface area contributed by atoms with Gasteiger partial charge in [0, 0.05) is 6.92 Å². The average Bonchev–Trinajstić information content (AvgIpc) is 2.26. The van der Waals surface area contributed by atoms with Crippen LogP contribution in [-0.2, 0) is 9.53 Å². The van der Waals surface area contributed by atoms with Gasteiger partial charge in [0.15, 0.2) is 0 Å². The first-order valence-electron chi connectivity index (χ1n) is 4.67. The van der Waals surface area contributed by atoms with Gasteiger partial charge in [-0.15, -0.1) is 0 Å². The minimum Gasteiger partial charge on any atom is -0.478 e. The number of carbonyl (C=O) groups is 4. The predicted octanol–water partition coefficient (Wildman–Crippen LogP) is 0.786. The van der Waals surface area contributed by atoms with Crippen molar-refractivity contribution >= 4 is 23.9 Å². The Morgan fingerprint density at radius 2 is 1.56 bits per heavy atom. The summed E-state index contributed by atoms with van der Waals surface area (Å²) in [5.41, 5.74) is -1.76. The van der Waals surface area contributed by atoms with E-state index in [0.29, 0.717) is 0 Å². The fourth-order valence-electron chi connectivity index (χ4n) is 1.32. The maximum Gasteiger partial charge on any atom is 0.346 e. The van der Waals surface area contributed by atoms with E-state index in [1.165, 1.54) is 6.07 Å². The molecule has 0 spiro atoms. The number of hydrogen-bond acceptors (Lipinski definition) is 5. The molecule has 0 aromatic heterocycles. The maximum atomic E-state index is 11.5. The van der Waals surface area contributed by atoms with Gasteiger partial charge < -0.3 is 14.9 Å². The maximum absolute atomic E-state index is 11.5. The molecular formula is C11H8O7. The van der Waals surface area contributed by atoms with Crippen molar-refractivity contribution in [3.8, 4) is 0 Å². The molecule has 2 N–H and O–H groups in total. The number of benzene rings is 1. The van der Waals surface area contributed by atoms with Crippen molar-refractivity contribution in [1.82, 2.24) is 0 Å². The molecule has 0 aliphatic carbocycles. The summed E-state index contributed by atoms with van der Waals surface area (Å²) < 4.78 is 4.23. The van der Waals surface area contributed by atoms with Gasteiger partial charge in [0.25, 0.3) is 0 Å². The SMILES string of the molecule is CC(=O)OC(=O)c1cccc(C(=O)O)c1C(=O)O. The number of ether oxygens (including phenoxy) is 1. The molecule has 0 amide bonds. The molecule has 94 valence electrons. The van der Waals surface area contributed by atoms with E-state index in [-0.39, 0.29) is 0 Å². The van der Waals surface area contributed by atoms with Crippen LogP contribution in [0, 0.1) is 0 Å². The number of aromatic carboxylic acids is 2. The van der Waals surface area contributed by atoms with E-state index in [9.17, 15) is 19.2 Å². The number of carboxylic acid groups (broad SMARTS) is 2. The highest BCUT2D eigenvalue weighted by atomic mass is 16.6. The highest BCUT2D eigenvalue weighted by Gasteiger charge is 2.25. The van der Waals surface area contributed by atoms with Crippen molar-refractivity contribution in [2.24, 2.45) is 0 Å². The second kappa shape index (κ2) is 5.09. The van der Waals surface area contributed by atoms with Crippen LogP contribution in [0.5, 0.6) is 0 Å². The highest BCUT2D eigenvalue weighted by molar-refractivity contribution is 6.10. The quantitative estimate of drug-likeness (QED) is 0.602. The zero-order chi connectivity index (χ0) is 13.9. The van der Waals surface area contributed by atoms with Crippen molar-refractivity contribution < 1.29 is 34.1 Å². The van der Waals surface area contributed by atoms with E-state index in [2.05, 4.69) is 4.74 Å². The van der Waals surface area contributed by atoms with Crippen LogP contribution in [0.15, 0.2) is 18.2 Å². The summed E-state index contributed by atoms with van der Waals surface area (Å²) in [6.45, 7) is 0.972. The smallest absolute Gasteiger partial charge is 0.346 e. The Bertz CT molecular complexity index is 544. The standard InChI is InChI=1S/C11H8O7/c1-5(12)18-11(17)7-4-2-3-6(9(13)14)8(7)10(15)16/h2-4H,1H3,(H,13,14)(H,15,16). The molecule has 0 bridgehead atoms. The largest absolute Gasteiger partial charge is 0.478 e. The van der Waals surface area contributed by atoms with Gasteiger partial charge in [-0.25, -0.2) is 14.4 Å². The molecule has 1 aromatic carbocycles. The summed E-state index contributed by atoms with van der Waals surface area (Å²) in [4.78, 5) is 43.9. The summed E-state index contributed by atoms with van der Waals surface area (Å²) in [5, 5.41) is 17.7.